The van der Waals surface area contributed by atoms with Gasteiger partial charge in [0.25, 0.3) is 5.91 Å². The third-order valence-electron chi connectivity index (χ3n) is 4.97. The summed E-state index contributed by atoms with van der Waals surface area (Å²) in [7, 11) is 0. The molecule has 1 amide bonds. The number of hydrogen-bond acceptors (Lipinski definition) is 3. The predicted molar refractivity (Wildman–Crippen MR) is 110 cm³/mol. The molecule has 1 aliphatic rings. The van der Waals surface area contributed by atoms with E-state index in [1.54, 1.807) is 17.8 Å². The maximum Gasteiger partial charge on any atom is 0.257 e. The number of carbonyl (C=O) groups is 1. The second-order valence-electron chi connectivity index (χ2n) is 6.76. The number of benzene rings is 3. The summed E-state index contributed by atoms with van der Waals surface area (Å²) in [5.74, 6) is -0.254. The Hall–Kier alpha value is -3.19. The Balaban J connectivity index is 1.59. The Morgan fingerprint density at radius 2 is 1.83 bits per heavy atom. The second kappa shape index (κ2) is 7.00. The first-order valence-corrected chi connectivity index (χ1v) is 10.2. The molecule has 1 N–H and O–H groups in total. The number of amides is 1. The van der Waals surface area contributed by atoms with Gasteiger partial charge < -0.3 is 5.32 Å². The molecule has 0 spiro atoms. The molecule has 0 bridgehead atoms. The van der Waals surface area contributed by atoms with Crippen LogP contribution in [-0.2, 0) is 11.5 Å². The number of anilines is 1. The van der Waals surface area contributed by atoms with Gasteiger partial charge in [0.05, 0.1) is 11.4 Å². The monoisotopic (exact) mass is 407 g/mol. The number of carbonyl (C=O) groups excluding carboxylic acids is 1. The van der Waals surface area contributed by atoms with Gasteiger partial charge in [0.15, 0.2) is 11.6 Å². The third kappa shape index (κ3) is 3.07. The summed E-state index contributed by atoms with van der Waals surface area (Å²) in [4.78, 5) is 13.1. The van der Waals surface area contributed by atoms with Gasteiger partial charge >= 0.3 is 0 Å². The quantitative estimate of drug-likeness (QED) is 0.501. The van der Waals surface area contributed by atoms with Crippen molar-refractivity contribution in [2.75, 3.05) is 5.32 Å². The van der Waals surface area contributed by atoms with E-state index < -0.39 is 11.6 Å². The fraction of sp³-hybridized carbons (Fsp3) is 0.0909. The summed E-state index contributed by atoms with van der Waals surface area (Å²) in [5, 5.41) is 9.31. The molecule has 0 radical (unpaired) electrons. The molecule has 5 rings (SSSR count). The van der Waals surface area contributed by atoms with Gasteiger partial charge in [0, 0.05) is 28.7 Å². The zero-order chi connectivity index (χ0) is 20.0. The molecule has 0 fully saturated rings. The Morgan fingerprint density at radius 3 is 2.69 bits per heavy atom. The molecular weight excluding hydrogens is 392 g/mol. The van der Waals surface area contributed by atoms with Crippen LogP contribution in [0.25, 0.3) is 16.5 Å². The maximum atomic E-state index is 13.8. The average Bonchev–Trinajstić information content (AvgIpc) is 3.32. The topological polar surface area (TPSA) is 46.9 Å². The van der Waals surface area contributed by atoms with Crippen molar-refractivity contribution in [3.63, 3.8) is 0 Å². The van der Waals surface area contributed by atoms with Gasteiger partial charge in [-0.25, -0.2) is 13.5 Å². The molecule has 0 atom stereocenters. The van der Waals surface area contributed by atoms with E-state index in [0.717, 1.165) is 34.2 Å². The van der Waals surface area contributed by atoms with Crippen LogP contribution in [0.2, 0.25) is 0 Å². The van der Waals surface area contributed by atoms with E-state index in [0.29, 0.717) is 28.6 Å². The first kappa shape index (κ1) is 17.9. The van der Waals surface area contributed by atoms with Crippen LogP contribution < -0.4 is 5.32 Å². The molecule has 2 heterocycles. The molecule has 0 saturated heterocycles. The van der Waals surface area contributed by atoms with E-state index in [-0.39, 0.29) is 5.91 Å². The summed E-state index contributed by atoms with van der Waals surface area (Å²) < 4.78 is 28.7. The molecule has 4 aromatic rings. The number of hydrogen-bond donors (Lipinski definition) is 1. The Kier molecular flexibility index (Phi) is 4.32. The van der Waals surface area contributed by atoms with Crippen molar-refractivity contribution in [2.45, 2.75) is 11.5 Å². The van der Waals surface area contributed by atoms with Gasteiger partial charge in [-0.1, -0.05) is 36.4 Å². The first-order chi connectivity index (χ1) is 14.1. The minimum Gasteiger partial charge on any atom is -0.306 e. The normalized spacial score (nSPS) is 12.9. The summed E-state index contributed by atoms with van der Waals surface area (Å²) in [5.41, 5.74) is 2.65. The Morgan fingerprint density at radius 1 is 1.00 bits per heavy atom. The zero-order valence-electron chi connectivity index (χ0n) is 15.2. The molecule has 4 nitrogen and oxygen atoms in total. The molecule has 3 aromatic carbocycles. The summed E-state index contributed by atoms with van der Waals surface area (Å²) >= 11 is 1.70. The van der Waals surface area contributed by atoms with E-state index in [2.05, 4.69) is 10.4 Å². The smallest absolute Gasteiger partial charge is 0.257 e. The van der Waals surface area contributed by atoms with Crippen LogP contribution in [0.15, 0.2) is 60.7 Å². The highest BCUT2D eigenvalue weighted by atomic mass is 32.2. The SMILES string of the molecule is O=C(Nc1c2c(nn1-c1ccc(F)c(F)c1)CSC2)c1cccc2ccccc12. The van der Waals surface area contributed by atoms with Gasteiger partial charge in [-0.15, -0.1) is 0 Å². The van der Waals surface area contributed by atoms with E-state index in [4.69, 9.17) is 0 Å². The lowest BCUT2D eigenvalue weighted by atomic mass is 10.0. The number of thioether (sulfide) groups is 1. The molecule has 0 aliphatic carbocycles. The Bertz CT molecular complexity index is 1260. The number of halogens is 2. The predicted octanol–water partition coefficient (Wildman–Crippen LogP) is 5.30. The van der Waals surface area contributed by atoms with E-state index >= 15 is 0 Å². The van der Waals surface area contributed by atoms with E-state index in [1.165, 1.54) is 10.7 Å². The van der Waals surface area contributed by atoms with Crippen molar-refractivity contribution in [1.29, 1.82) is 0 Å². The molecule has 0 unspecified atom stereocenters. The molecule has 29 heavy (non-hydrogen) atoms. The summed E-state index contributed by atoms with van der Waals surface area (Å²) in [6, 6.07) is 16.8. The fourth-order valence-corrected chi connectivity index (χ4v) is 4.58. The van der Waals surface area contributed by atoms with Crippen LogP contribution in [0.3, 0.4) is 0 Å². The van der Waals surface area contributed by atoms with Gasteiger partial charge in [-0.2, -0.15) is 16.9 Å². The van der Waals surface area contributed by atoms with Crippen molar-refractivity contribution in [3.05, 3.63) is 89.1 Å². The van der Waals surface area contributed by atoms with Crippen LogP contribution in [0.1, 0.15) is 21.6 Å². The number of aromatic nitrogens is 2. The van der Waals surface area contributed by atoms with Gasteiger partial charge in [-0.05, 0) is 29.0 Å². The number of nitrogens with one attached hydrogen (secondary N) is 1. The van der Waals surface area contributed by atoms with Crippen molar-refractivity contribution >= 4 is 34.3 Å². The largest absolute Gasteiger partial charge is 0.306 e. The number of fused-ring (bicyclic) bond motifs is 2. The van der Waals surface area contributed by atoms with Crippen molar-refractivity contribution in [1.82, 2.24) is 9.78 Å². The molecule has 144 valence electrons. The second-order valence-corrected chi connectivity index (χ2v) is 7.74. The maximum absolute atomic E-state index is 13.8. The first-order valence-electron chi connectivity index (χ1n) is 9.05. The molecule has 1 aliphatic heterocycles. The van der Waals surface area contributed by atoms with Crippen LogP contribution in [0, 0.1) is 11.6 Å². The Labute approximate surface area is 169 Å². The highest BCUT2D eigenvalue weighted by molar-refractivity contribution is 7.98. The standard InChI is InChI=1S/C22H15F2N3OS/c23-18-9-8-14(10-19(18)24)27-21(17-11-29-12-20(17)26-27)25-22(28)16-7-3-5-13-4-1-2-6-15(13)16/h1-10H,11-12H2,(H,25,28). The van der Waals surface area contributed by atoms with Crippen LogP contribution in [0.5, 0.6) is 0 Å². The molecule has 7 heteroatoms. The van der Waals surface area contributed by atoms with Crippen LogP contribution >= 0.6 is 11.8 Å². The third-order valence-corrected chi connectivity index (χ3v) is 5.94. The number of rotatable bonds is 3. The highest BCUT2D eigenvalue weighted by Gasteiger charge is 2.25. The van der Waals surface area contributed by atoms with Crippen molar-refractivity contribution in [3.8, 4) is 5.69 Å². The van der Waals surface area contributed by atoms with Crippen LogP contribution in [-0.4, -0.2) is 15.7 Å². The lowest BCUT2D eigenvalue weighted by Crippen LogP contribution is -2.16. The summed E-state index contributed by atoms with van der Waals surface area (Å²) in [6.07, 6.45) is 0. The molecule has 1 aromatic heterocycles. The van der Waals surface area contributed by atoms with E-state index in [1.807, 2.05) is 36.4 Å². The highest BCUT2D eigenvalue weighted by Crippen LogP contribution is 2.36. The fourth-order valence-electron chi connectivity index (χ4n) is 3.54. The summed E-state index contributed by atoms with van der Waals surface area (Å²) in [6.45, 7) is 0. The minimum absolute atomic E-state index is 0.273. The van der Waals surface area contributed by atoms with Gasteiger partial charge in [-0.3, -0.25) is 4.79 Å². The lowest BCUT2D eigenvalue weighted by molar-refractivity contribution is 0.102. The minimum atomic E-state index is -0.959. The number of nitrogens with zero attached hydrogens (tertiary/aromatic N) is 2. The molecular formula is C22H15F2N3OS. The zero-order valence-corrected chi connectivity index (χ0v) is 16.0. The molecule has 0 saturated carbocycles. The van der Waals surface area contributed by atoms with E-state index in [9.17, 15) is 13.6 Å². The van der Waals surface area contributed by atoms with Crippen molar-refractivity contribution in [2.24, 2.45) is 0 Å². The van der Waals surface area contributed by atoms with Crippen molar-refractivity contribution < 1.29 is 13.6 Å². The average molecular weight is 407 g/mol. The lowest BCUT2D eigenvalue weighted by Gasteiger charge is -2.12. The van der Waals surface area contributed by atoms with Crippen LogP contribution in [0.4, 0.5) is 14.6 Å². The van der Waals surface area contributed by atoms with Gasteiger partial charge in [0.1, 0.15) is 5.82 Å². The van der Waals surface area contributed by atoms with Gasteiger partial charge in [0.2, 0.25) is 0 Å².